The van der Waals surface area contributed by atoms with Gasteiger partial charge in [-0.3, -0.25) is 4.79 Å². The van der Waals surface area contributed by atoms with E-state index in [2.05, 4.69) is 14.9 Å². The van der Waals surface area contributed by atoms with E-state index in [1.54, 1.807) is 18.5 Å². The molecule has 0 radical (unpaired) electrons. The number of hydrogen-bond donors (Lipinski definition) is 0. The third kappa shape index (κ3) is 3.64. The maximum atomic E-state index is 12.5. The van der Waals surface area contributed by atoms with Gasteiger partial charge in [0, 0.05) is 43.4 Å². The van der Waals surface area contributed by atoms with Crippen LogP contribution >= 0.6 is 0 Å². The zero-order chi connectivity index (χ0) is 17.1. The molecule has 25 heavy (non-hydrogen) atoms. The van der Waals surface area contributed by atoms with Gasteiger partial charge in [-0.1, -0.05) is 0 Å². The lowest BCUT2D eigenvalue weighted by atomic mass is 10.1. The molecule has 2 aliphatic rings. The maximum Gasteiger partial charge on any atom is 0.164 e. The van der Waals surface area contributed by atoms with Crippen LogP contribution in [-0.4, -0.2) is 53.5 Å². The first-order valence-electron chi connectivity index (χ1n) is 8.72. The van der Waals surface area contributed by atoms with E-state index in [0.29, 0.717) is 42.6 Å². The second-order valence-corrected chi connectivity index (χ2v) is 6.42. The van der Waals surface area contributed by atoms with Crippen molar-refractivity contribution in [2.24, 2.45) is 0 Å². The molecule has 0 N–H and O–H groups in total. The normalized spacial score (nSPS) is 19.8. The molecular formula is C19H21N3O3. The van der Waals surface area contributed by atoms with E-state index in [-0.39, 0.29) is 5.78 Å². The maximum absolute atomic E-state index is 12.5. The van der Waals surface area contributed by atoms with E-state index < -0.39 is 0 Å². The van der Waals surface area contributed by atoms with Gasteiger partial charge in [0.05, 0.1) is 0 Å². The highest BCUT2D eigenvalue weighted by Gasteiger charge is 2.26. The summed E-state index contributed by atoms with van der Waals surface area (Å²) in [6.07, 6.45) is 5.12. The van der Waals surface area contributed by atoms with Crippen LogP contribution in [0.4, 0.5) is 0 Å². The number of nitrogens with zero attached hydrogens (tertiary/aromatic N) is 3. The number of ether oxygens (including phenoxy) is 2. The quantitative estimate of drug-likeness (QED) is 0.779. The summed E-state index contributed by atoms with van der Waals surface area (Å²) in [7, 11) is 0. The van der Waals surface area contributed by atoms with E-state index in [4.69, 9.17) is 9.47 Å². The average Bonchev–Trinajstić information content (AvgIpc) is 3.15. The van der Waals surface area contributed by atoms with Gasteiger partial charge in [0.15, 0.2) is 17.3 Å². The van der Waals surface area contributed by atoms with Gasteiger partial charge in [-0.05, 0) is 37.2 Å². The molecule has 6 nitrogen and oxygen atoms in total. The van der Waals surface area contributed by atoms with Crippen LogP contribution in [0.25, 0.3) is 0 Å². The van der Waals surface area contributed by atoms with E-state index in [0.717, 1.165) is 31.9 Å². The summed E-state index contributed by atoms with van der Waals surface area (Å²) in [6.45, 7) is 3.75. The Morgan fingerprint density at radius 3 is 2.80 bits per heavy atom. The van der Waals surface area contributed by atoms with Crippen molar-refractivity contribution in [1.82, 2.24) is 14.9 Å². The number of carbonyl (C=O) groups excluding carboxylic acids is 1. The molecule has 0 spiro atoms. The van der Waals surface area contributed by atoms with Gasteiger partial charge >= 0.3 is 0 Å². The average molecular weight is 339 g/mol. The predicted molar refractivity (Wildman–Crippen MR) is 92.2 cm³/mol. The minimum atomic E-state index is 0.136. The minimum absolute atomic E-state index is 0.136. The second-order valence-electron chi connectivity index (χ2n) is 6.42. The third-order valence-electron chi connectivity index (χ3n) is 4.74. The molecule has 1 fully saturated rings. The number of hydrogen-bond acceptors (Lipinski definition) is 6. The number of fused-ring (bicyclic) bond motifs is 1. The number of ketones is 1. The summed E-state index contributed by atoms with van der Waals surface area (Å²) in [5.41, 5.74) is 0.686. The summed E-state index contributed by atoms with van der Waals surface area (Å²) < 4.78 is 11.1. The Labute approximate surface area is 146 Å². The van der Waals surface area contributed by atoms with Crippen LogP contribution in [0.2, 0.25) is 0 Å². The molecule has 0 amide bonds. The highest BCUT2D eigenvalue weighted by molar-refractivity contribution is 5.96. The van der Waals surface area contributed by atoms with Gasteiger partial charge in [-0.25, -0.2) is 9.97 Å². The van der Waals surface area contributed by atoms with Gasteiger partial charge in [-0.15, -0.1) is 0 Å². The molecular weight excluding hydrogens is 318 g/mol. The van der Waals surface area contributed by atoms with Crippen molar-refractivity contribution in [1.29, 1.82) is 0 Å². The summed E-state index contributed by atoms with van der Waals surface area (Å²) in [6, 6.07) is 7.27. The number of likely N-dealkylation sites (tertiary alicyclic amines) is 1. The molecule has 1 unspecified atom stereocenters. The summed E-state index contributed by atoms with van der Waals surface area (Å²) in [4.78, 5) is 23.5. The summed E-state index contributed by atoms with van der Waals surface area (Å²) in [5.74, 6) is 2.79. The van der Waals surface area contributed by atoms with Crippen LogP contribution in [0.3, 0.4) is 0 Å². The number of Topliss-reactive ketones (excluding diaryl/α,β-unsaturated/α-hetero) is 1. The first kappa shape index (κ1) is 16.0. The number of benzene rings is 1. The Morgan fingerprint density at radius 2 is 1.96 bits per heavy atom. The molecule has 1 saturated heterocycles. The predicted octanol–water partition coefficient (Wildman–Crippen LogP) is 2.31. The van der Waals surface area contributed by atoms with Crippen molar-refractivity contribution in [3.05, 3.63) is 48.0 Å². The van der Waals surface area contributed by atoms with E-state index in [1.807, 2.05) is 18.2 Å². The Balaban J connectivity index is 1.32. The molecule has 1 atom stereocenters. The van der Waals surface area contributed by atoms with E-state index >= 15 is 0 Å². The van der Waals surface area contributed by atoms with Gasteiger partial charge in [0.1, 0.15) is 19.0 Å². The van der Waals surface area contributed by atoms with Crippen molar-refractivity contribution in [3.8, 4) is 11.5 Å². The molecule has 0 bridgehead atoms. The lowest BCUT2D eigenvalue weighted by molar-refractivity contribution is 0.0967. The van der Waals surface area contributed by atoms with Crippen LogP contribution in [-0.2, 0) is 0 Å². The molecule has 1 aromatic heterocycles. The first-order chi connectivity index (χ1) is 12.3. The van der Waals surface area contributed by atoms with Gasteiger partial charge < -0.3 is 14.4 Å². The van der Waals surface area contributed by atoms with Crippen LogP contribution < -0.4 is 9.47 Å². The highest BCUT2D eigenvalue weighted by Crippen LogP contribution is 2.31. The molecule has 0 saturated carbocycles. The molecule has 2 aliphatic heterocycles. The zero-order valence-electron chi connectivity index (χ0n) is 14.1. The Hall–Kier alpha value is -2.47. The van der Waals surface area contributed by atoms with Gasteiger partial charge in [0.2, 0.25) is 0 Å². The zero-order valence-corrected chi connectivity index (χ0v) is 14.1. The smallest absolute Gasteiger partial charge is 0.164 e. The van der Waals surface area contributed by atoms with Crippen molar-refractivity contribution in [2.75, 3.05) is 32.8 Å². The van der Waals surface area contributed by atoms with Gasteiger partial charge in [0.25, 0.3) is 0 Å². The van der Waals surface area contributed by atoms with Gasteiger partial charge in [-0.2, -0.15) is 0 Å². The van der Waals surface area contributed by atoms with Crippen LogP contribution in [0.5, 0.6) is 11.5 Å². The van der Waals surface area contributed by atoms with Crippen LogP contribution in [0.1, 0.15) is 34.9 Å². The number of rotatable bonds is 5. The lowest BCUT2D eigenvalue weighted by Gasteiger charge is -2.19. The molecule has 0 aliphatic carbocycles. The monoisotopic (exact) mass is 339 g/mol. The Kier molecular flexibility index (Phi) is 4.61. The van der Waals surface area contributed by atoms with Crippen molar-refractivity contribution >= 4 is 5.78 Å². The number of carbonyl (C=O) groups is 1. The fourth-order valence-electron chi connectivity index (χ4n) is 3.39. The topological polar surface area (TPSA) is 64.6 Å². The largest absolute Gasteiger partial charge is 0.486 e. The molecule has 3 heterocycles. The standard InChI is InChI=1S/C19H21N3O3/c23-16(14-2-3-17-18(12-14)25-11-10-24-17)5-9-22-8-4-15(13-22)19-20-6-1-7-21-19/h1-3,6-7,12,15H,4-5,8-11,13H2. The SMILES string of the molecule is O=C(CCN1CCC(c2ncccn2)C1)c1ccc2c(c1)OCCO2. The summed E-state index contributed by atoms with van der Waals surface area (Å²) >= 11 is 0. The molecule has 130 valence electrons. The van der Waals surface area contributed by atoms with Crippen molar-refractivity contribution in [3.63, 3.8) is 0 Å². The molecule has 4 rings (SSSR count). The fourth-order valence-corrected chi connectivity index (χ4v) is 3.39. The molecule has 6 heteroatoms. The lowest BCUT2D eigenvalue weighted by Crippen LogP contribution is -2.24. The fraction of sp³-hybridized carbons (Fsp3) is 0.421. The van der Waals surface area contributed by atoms with Crippen molar-refractivity contribution < 1.29 is 14.3 Å². The van der Waals surface area contributed by atoms with E-state index in [9.17, 15) is 4.79 Å². The van der Waals surface area contributed by atoms with E-state index in [1.165, 1.54) is 0 Å². The summed E-state index contributed by atoms with van der Waals surface area (Å²) in [5, 5.41) is 0. The van der Waals surface area contributed by atoms with Crippen LogP contribution in [0, 0.1) is 0 Å². The third-order valence-corrected chi connectivity index (χ3v) is 4.74. The van der Waals surface area contributed by atoms with Crippen molar-refractivity contribution in [2.45, 2.75) is 18.8 Å². The number of aromatic nitrogens is 2. The minimum Gasteiger partial charge on any atom is -0.486 e. The highest BCUT2D eigenvalue weighted by atomic mass is 16.6. The second kappa shape index (κ2) is 7.19. The molecule has 2 aromatic rings. The Bertz CT molecular complexity index is 751. The first-order valence-corrected chi connectivity index (χ1v) is 8.72. The Morgan fingerprint density at radius 1 is 1.16 bits per heavy atom. The van der Waals surface area contributed by atoms with Crippen LogP contribution in [0.15, 0.2) is 36.7 Å². The molecule has 1 aromatic carbocycles.